The minimum atomic E-state index is -0.236. The highest BCUT2D eigenvalue weighted by molar-refractivity contribution is 7.14. The number of hydrogen-bond donors (Lipinski definition) is 0. The van der Waals surface area contributed by atoms with Gasteiger partial charge in [0, 0.05) is 11.1 Å². The van der Waals surface area contributed by atoms with Crippen LogP contribution in [0.5, 0.6) is 0 Å². The number of aromatic nitrogens is 1. The molecule has 0 fully saturated rings. The van der Waals surface area contributed by atoms with Crippen LogP contribution < -0.4 is 0 Å². The molecule has 18 heavy (non-hydrogen) atoms. The SMILES string of the molecule is N#CCc1nc2c(s1)C(=O)c1ccccc1C2=O. The number of nitriles is 1. The number of fused-ring (bicyclic) bond motifs is 2. The molecule has 0 spiro atoms. The zero-order valence-corrected chi connectivity index (χ0v) is 9.95. The first-order valence-electron chi connectivity index (χ1n) is 5.27. The van der Waals surface area contributed by atoms with E-state index in [1.165, 1.54) is 0 Å². The van der Waals surface area contributed by atoms with Crippen LogP contribution in [0.25, 0.3) is 0 Å². The Morgan fingerprint density at radius 2 is 1.83 bits per heavy atom. The molecule has 5 heteroatoms. The highest BCUT2D eigenvalue weighted by atomic mass is 32.1. The fourth-order valence-corrected chi connectivity index (χ4v) is 2.89. The molecule has 0 amide bonds. The second-order valence-corrected chi connectivity index (χ2v) is 4.91. The number of rotatable bonds is 1. The first-order chi connectivity index (χ1) is 8.72. The molecule has 0 aliphatic heterocycles. The number of thiazole rings is 1. The molecule has 1 aliphatic rings. The Balaban J connectivity index is 2.21. The molecule has 0 saturated heterocycles. The van der Waals surface area contributed by atoms with Crippen LogP contribution in [0.3, 0.4) is 0 Å². The summed E-state index contributed by atoms with van der Waals surface area (Å²) in [5.41, 5.74) is 1.000. The number of nitrogens with zero attached hydrogens (tertiary/aromatic N) is 2. The summed E-state index contributed by atoms with van der Waals surface area (Å²) < 4.78 is 0. The van der Waals surface area contributed by atoms with Crippen LogP contribution in [-0.2, 0) is 6.42 Å². The molecule has 1 heterocycles. The van der Waals surface area contributed by atoms with Crippen LogP contribution in [0, 0.1) is 11.3 Å². The topological polar surface area (TPSA) is 70.8 Å². The van der Waals surface area contributed by atoms with Crippen LogP contribution in [0.1, 0.15) is 36.3 Å². The minimum absolute atomic E-state index is 0.120. The van der Waals surface area contributed by atoms with E-state index in [-0.39, 0.29) is 23.7 Å². The Labute approximate surface area is 107 Å². The molecule has 1 aliphatic carbocycles. The van der Waals surface area contributed by atoms with Gasteiger partial charge in [-0.05, 0) is 0 Å². The molecule has 4 nitrogen and oxygen atoms in total. The fourth-order valence-electron chi connectivity index (χ4n) is 1.94. The lowest BCUT2D eigenvalue weighted by molar-refractivity contribution is 0.0979. The molecule has 0 unspecified atom stereocenters. The number of hydrogen-bond acceptors (Lipinski definition) is 5. The molecular weight excluding hydrogens is 248 g/mol. The zero-order chi connectivity index (χ0) is 12.7. The Kier molecular flexibility index (Phi) is 2.32. The summed E-state index contributed by atoms with van der Waals surface area (Å²) in [5, 5.41) is 9.14. The third kappa shape index (κ3) is 1.40. The van der Waals surface area contributed by atoms with Crippen LogP contribution in [0.15, 0.2) is 24.3 Å². The van der Waals surface area contributed by atoms with Crippen molar-refractivity contribution in [1.29, 1.82) is 5.26 Å². The summed E-state index contributed by atoms with van der Waals surface area (Å²) in [6.45, 7) is 0. The van der Waals surface area contributed by atoms with Crippen LogP contribution in [0.2, 0.25) is 0 Å². The fraction of sp³-hybridized carbons (Fsp3) is 0.0769. The first kappa shape index (κ1) is 10.8. The van der Waals surface area contributed by atoms with Crippen molar-refractivity contribution in [3.05, 3.63) is 51.0 Å². The smallest absolute Gasteiger partial charge is 0.213 e. The van der Waals surface area contributed by atoms with E-state index >= 15 is 0 Å². The molecule has 1 aromatic carbocycles. The predicted molar refractivity (Wildman–Crippen MR) is 64.7 cm³/mol. The van der Waals surface area contributed by atoms with Crippen molar-refractivity contribution < 1.29 is 9.59 Å². The van der Waals surface area contributed by atoms with E-state index in [1.54, 1.807) is 24.3 Å². The lowest BCUT2D eigenvalue weighted by Gasteiger charge is -2.11. The average Bonchev–Trinajstić information content (AvgIpc) is 2.81. The molecule has 0 atom stereocenters. The first-order valence-corrected chi connectivity index (χ1v) is 6.09. The minimum Gasteiger partial charge on any atom is -0.288 e. The van der Waals surface area contributed by atoms with Crippen molar-refractivity contribution in [2.45, 2.75) is 6.42 Å². The molecule has 1 aromatic heterocycles. The van der Waals surface area contributed by atoms with Crippen molar-refractivity contribution in [2.75, 3.05) is 0 Å². The third-order valence-corrected chi connectivity index (χ3v) is 3.79. The predicted octanol–water partition coefficient (Wildman–Crippen LogP) is 1.98. The Morgan fingerprint density at radius 1 is 1.17 bits per heavy atom. The van der Waals surface area contributed by atoms with Crippen molar-refractivity contribution in [3.8, 4) is 6.07 Å². The van der Waals surface area contributed by atoms with Gasteiger partial charge >= 0.3 is 0 Å². The maximum absolute atomic E-state index is 12.2. The molecule has 3 rings (SSSR count). The molecule has 2 aromatic rings. The van der Waals surface area contributed by atoms with Crippen LogP contribution in [0.4, 0.5) is 0 Å². The van der Waals surface area contributed by atoms with Gasteiger partial charge in [0.15, 0.2) is 0 Å². The van der Waals surface area contributed by atoms with Gasteiger partial charge in [0.2, 0.25) is 11.6 Å². The summed E-state index contributed by atoms with van der Waals surface area (Å²) >= 11 is 1.13. The summed E-state index contributed by atoms with van der Waals surface area (Å²) in [6, 6.07) is 8.69. The standard InChI is InChI=1S/C13H6N2O2S/c14-6-5-9-15-10-11(16)7-3-1-2-4-8(7)12(17)13(10)18-9/h1-4H,5H2. The van der Waals surface area contributed by atoms with Gasteiger partial charge in [-0.1, -0.05) is 24.3 Å². The molecular formula is C13H6N2O2S. The molecule has 0 bridgehead atoms. The molecule has 86 valence electrons. The highest BCUT2D eigenvalue weighted by Gasteiger charge is 2.32. The molecule has 0 radical (unpaired) electrons. The van der Waals surface area contributed by atoms with Gasteiger partial charge in [-0.25, -0.2) is 4.98 Å². The van der Waals surface area contributed by atoms with Gasteiger partial charge in [-0.2, -0.15) is 5.26 Å². The quantitative estimate of drug-likeness (QED) is 0.665. The van der Waals surface area contributed by atoms with Crippen molar-refractivity contribution in [3.63, 3.8) is 0 Å². The maximum atomic E-state index is 12.2. The summed E-state index contributed by atoms with van der Waals surface area (Å²) in [7, 11) is 0. The number of benzene rings is 1. The van der Waals surface area contributed by atoms with Gasteiger partial charge in [0.25, 0.3) is 0 Å². The van der Waals surface area contributed by atoms with E-state index in [1.807, 2.05) is 6.07 Å². The lowest BCUT2D eigenvalue weighted by atomic mass is 9.91. The highest BCUT2D eigenvalue weighted by Crippen LogP contribution is 2.30. The Bertz CT molecular complexity index is 672. The van der Waals surface area contributed by atoms with E-state index in [9.17, 15) is 9.59 Å². The van der Waals surface area contributed by atoms with Crippen LogP contribution in [-0.4, -0.2) is 16.6 Å². The van der Waals surface area contributed by atoms with Gasteiger partial charge in [0.05, 0.1) is 12.5 Å². The van der Waals surface area contributed by atoms with Crippen LogP contribution >= 0.6 is 11.3 Å². The average molecular weight is 254 g/mol. The number of carbonyl (C=O) groups is 2. The third-order valence-electron chi connectivity index (χ3n) is 2.74. The van der Waals surface area contributed by atoms with E-state index in [2.05, 4.69) is 4.98 Å². The second-order valence-electron chi connectivity index (χ2n) is 3.82. The number of ketones is 2. The van der Waals surface area contributed by atoms with Gasteiger partial charge in [0.1, 0.15) is 15.6 Å². The van der Waals surface area contributed by atoms with Gasteiger partial charge < -0.3 is 0 Å². The Hall–Kier alpha value is -2.32. The second kappa shape index (κ2) is 3.86. The van der Waals surface area contributed by atoms with Gasteiger partial charge in [-0.3, -0.25) is 9.59 Å². The maximum Gasteiger partial charge on any atom is 0.213 e. The van der Waals surface area contributed by atoms with Crippen molar-refractivity contribution in [2.24, 2.45) is 0 Å². The summed E-state index contributed by atoms with van der Waals surface area (Å²) in [6.07, 6.45) is 0.120. The van der Waals surface area contributed by atoms with Crippen molar-refractivity contribution >= 4 is 22.9 Å². The van der Waals surface area contributed by atoms with E-state index in [0.717, 1.165) is 11.3 Å². The van der Waals surface area contributed by atoms with E-state index < -0.39 is 0 Å². The van der Waals surface area contributed by atoms with E-state index in [4.69, 9.17) is 5.26 Å². The van der Waals surface area contributed by atoms with Gasteiger partial charge in [-0.15, -0.1) is 11.3 Å². The van der Waals surface area contributed by atoms with Crippen molar-refractivity contribution in [1.82, 2.24) is 4.98 Å². The monoisotopic (exact) mass is 254 g/mol. The summed E-state index contributed by atoms with van der Waals surface area (Å²) in [5.74, 6) is -0.414. The Morgan fingerprint density at radius 3 is 2.50 bits per heavy atom. The number of carbonyl (C=O) groups excluding carboxylic acids is 2. The largest absolute Gasteiger partial charge is 0.288 e. The normalized spacial score (nSPS) is 12.8. The lowest BCUT2D eigenvalue weighted by Crippen LogP contribution is -2.19. The zero-order valence-electron chi connectivity index (χ0n) is 9.14. The summed E-state index contributed by atoms with van der Waals surface area (Å²) in [4.78, 5) is 28.8. The molecule has 0 saturated carbocycles. The van der Waals surface area contributed by atoms with E-state index in [0.29, 0.717) is 21.0 Å². The molecule has 0 N–H and O–H groups in total.